The van der Waals surface area contributed by atoms with Crippen LogP contribution in [-0.4, -0.2) is 40.6 Å². The molecule has 0 unspecified atom stereocenters. The van der Waals surface area contributed by atoms with Crippen LogP contribution in [0.1, 0.15) is 35.8 Å². The van der Waals surface area contributed by atoms with Crippen LogP contribution in [0.25, 0.3) is 0 Å². The quantitative estimate of drug-likeness (QED) is 0.871. The van der Waals surface area contributed by atoms with Gasteiger partial charge in [-0.05, 0) is 31.9 Å². The third kappa shape index (κ3) is 3.98. The number of rotatable bonds is 6. The Morgan fingerprint density at radius 1 is 1.25 bits per heavy atom. The van der Waals surface area contributed by atoms with Gasteiger partial charge in [-0.15, -0.1) is 0 Å². The zero-order valence-corrected chi connectivity index (χ0v) is 13.7. The molecule has 0 bridgehead atoms. The molecule has 0 aliphatic carbocycles. The fraction of sp³-hybridized carbons (Fsp3) is 0.412. The Labute approximate surface area is 141 Å². The first-order valence-electron chi connectivity index (χ1n) is 8.20. The summed E-state index contributed by atoms with van der Waals surface area (Å²) in [5, 5.41) is 2.86. The second kappa shape index (κ2) is 7.72. The first kappa shape index (κ1) is 16.2. The lowest BCUT2D eigenvalue weighted by atomic mass is 10.2. The highest BCUT2D eigenvalue weighted by molar-refractivity contribution is 5.93. The Bertz CT molecular complexity index is 684. The number of pyridine rings is 1. The number of aromatic nitrogens is 3. The van der Waals surface area contributed by atoms with Crippen LogP contribution >= 0.6 is 0 Å². The largest absolute Gasteiger partial charge is 0.478 e. The predicted molar refractivity (Wildman–Crippen MR) is 90.1 cm³/mol. The normalized spacial score (nSPS) is 13.8. The Kier molecular flexibility index (Phi) is 5.20. The first-order valence-corrected chi connectivity index (χ1v) is 8.20. The van der Waals surface area contributed by atoms with Crippen LogP contribution in [0.3, 0.4) is 0 Å². The molecule has 0 saturated carbocycles. The Hall–Kier alpha value is -2.70. The van der Waals surface area contributed by atoms with Gasteiger partial charge in [0, 0.05) is 31.5 Å². The molecule has 3 heterocycles. The molecular weight excluding hydrogens is 306 g/mol. The number of ether oxygens (including phenoxy) is 1. The second-order valence-corrected chi connectivity index (χ2v) is 5.54. The van der Waals surface area contributed by atoms with E-state index in [0.717, 1.165) is 24.7 Å². The number of anilines is 1. The van der Waals surface area contributed by atoms with E-state index in [9.17, 15) is 4.79 Å². The molecule has 3 rings (SSSR count). The van der Waals surface area contributed by atoms with Crippen LogP contribution in [-0.2, 0) is 6.54 Å². The van der Waals surface area contributed by atoms with Crippen molar-refractivity contribution in [2.24, 2.45) is 0 Å². The van der Waals surface area contributed by atoms with Crippen LogP contribution in [0.4, 0.5) is 5.95 Å². The topological polar surface area (TPSA) is 80.2 Å². The molecule has 2 aromatic heterocycles. The van der Waals surface area contributed by atoms with Crippen molar-refractivity contribution >= 4 is 11.9 Å². The molecule has 7 heteroatoms. The number of hydrogen-bond acceptors (Lipinski definition) is 6. The van der Waals surface area contributed by atoms with Gasteiger partial charge in [0.15, 0.2) is 0 Å². The average molecular weight is 327 g/mol. The average Bonchev–Trinajstić information content (AvgIpc) is 3.16. The third-order valence-corrected chi connectivity index (χ3v) is 3.81. The van der Waals surface area contributed by atoms with Crippen molar-refractivity contribution < 1.29 is 9.53 Å². The second-order valence-electron chi connectivity index (χ2n) is 5.54. The SMILES string of the molecule is CCOc1ccc(C(=O)NCc2ccnc(N3CCCC3)n2)cn1. The molecule has 1 aliphatic rings. The first-order chi connectivity index (χ1) is 11.8. The van der Waals surface area contributed by atoms with Crippen LogP contribution in [0, 0.1) is 0 Å². The van der Waals surface area contributed by atoms with Gasteiger partial charge in [-0.25, -0.2) is 15.0 Å². The minimum Gasteiger partial charge on any atom is -0.478 e. The third-order valence-electron chi connectivity index (χ3n) is 3.81. The van der Waals surface area contributed by atoms with Crippen molar-refractivity contribution in [2.75, 3.05) is 24.6 Å². The number of carbonyl (C=O) groups excluding carboxylic acids is 1. The van der Waals surface area contributed by atoms with E-state index in [0.29, 0.717) is 24.6 Å². The zero-order chi connectivity index (χ0) is 16.8. The van der Waals surface area contributed by atoms with Crippen LogP contribution in [0.5, 0.6) is 5.88 Å². The number of hydrogen-bond donors (Lipinski definition) is 1. The molecule has 2 aromatic rings. The number of carbonyl (C=O) groups is 1. The molecule has 24 heavy (non-hydrogen) atoms. The van der Waals surface area contributed by atoms with Crippen molar-refractivity contribution in [2.45, 2.75) is 26.3 Å². The molecule has 1 amide bonds. The van der Waals surface area contributed by atoms with Gasteiger partial charge >= 0.3 is 0 Å². The summed E-state index contributed by atoms with van der Waals surface area (Å²) in [4.78, 5) is 27.3. The summed E-state index contributed by atoms with van der Waals surface area (Å²) in [6, 6.07) is 5.20. The maximum atomic E-state index is 12.2. The van der Waals surface area contributed by atoms with E-state index in [4.69, 9.17) is 4.74 Å². The van der Waals surface area contributed by atoms with Crippen molar-refractivity contribution in [3.63, 3.8) is 0 Å². The zero-order valence-electron chi connectivity index (χ0n) is 13.7. The minimum atomic E-state index is -0.188. The van der Waals surface area contributed by atoms with Gasteiger partial charge in [-0.3, -0.25) is 4.79 Å². The highest BCUT2D eigenvalue weighted by Gasteiger charge is 2.15. The Morgan fingerprint density at radius 3 is 2.79 bits per heavy atom. The van der Waals surface area contributed by atoms with Gasteiger partial charge in [-0.2, -0.15) is 0 Å². The van der Waals surface area contributed by atoms with Gasteiger partial charge in [0.25, 0.3) is 5.91 Å². The van der Waals surface area contributed by atoms with Gasteiger partial charge in [0.05, 0.1) is 24.4 Å². The minimum absolute atomic E-state index is 0.188. The summed E-state index contributed by atoms with van der Waals surface area (Å²) in [7, 11) is 0. The molecule has 1 aliphatic heterocycles. The Morgan fingerprint density at radius 2 is 2.08 bits per heavy atom. The molecule has 1 saturated heterocycles. The molecule has 1 N–H and O–H groups in total. The molecule has 0 spiro atoms. The van der Waals surface area contributed by atoms with E-state index in [1.807, 2.05) is 13.0 Å². The molecule has 126 valence electrons. The summed E-state index contributed by atoms with van der Waals surface area (Å²) < 4.78 is 5.27. The number of nitrogens with one attached hydrogen (secondary N) is 1. The van der Waals surface area contributed by atoms with Crippen LogP contribution < -0.4 is 15.0 Å². The maximum absolute atomic E-state index is 12.2. The monoisotopic (exact) mass is 327 g/mol. The summed E-state index contributed by atoms with van der Waals surface area (Å²) >= 11 is 0. The molecule has 0 aromatic carbocycles. The maximum Gasteiger partial charge on any atom is 0.253 e. The van der Waals surface area contributed by atoms with E-state index >= 15 is 0 Å². The smallest absolute Gasteiger partial charge is 0.253 e. The Balaban J connectivity index is 1.58. The molecule has 1 fully saturated rings. The predicted octanol–water partition coefficient (Wildman–Crippen LogP) is 1.80. The molecule has 0 radical (unpaired) electrons. The summed E-state index contributed by atoms with van der Waals surface area (Å²) in [5.41, 5.74) is 1.28. The van der Waals surface area contributed by atoms with Crippen molar-refractivity contribution in [3.8, 4) is 5.88 Å². The lowest BCUT2D eigenvalue weighted by Crippen LogP contribution is -2.25. The highest BCUT2D eigenvalue weighted by Crippen LogP contribution is 2.15. The summed E-state index contributed by atoms with van der Waals surface area (Å²) in [6.07, 6.45) is 5.60. The van der Waals surface area contributed by atoms with Crippen LogP contribution in [0.15, 0.2) is 30.6 Å². The van der Waals surface area contributed by atoms with E-state index < -0.39 is 0 Å². The van der Waals surface area contributed by atoms with Crippen molar-refractivity contribution in [3.05, 3.63) is 41.9 Å². The van der Waals surface area contributed by atoms with E-state index in [2.05, 4.69) is 25.2 Å². The van der Waals surface area contributed by atoms with Gasteiger partial charge in [0.2, 0.25) is 11.8 Å². The lowest BCUT2D eigenvalue weighted by molar-refractivity contribution is 0.0950. The molecule has 0 atom stereocenters. The number of nitrogens with zero attached hydrogens (tertiary/aromatic N) is 4. The van der Waals surface area contributed by atoms with Crippen LogP contribution in [0.2, 0.25) is 0 Å². The van der Waals surface area contributed by atoms with Crippen molar-refractivity contribution in [1.82, 2.24) is 20.3 Å². The number of amides is 1. The molecule has 7 nitrogen and oxygen atoms in total. The van der Waals surface area contributed by atoms with E-state index in [1.165, 1.54) is 19.0 Å². The van der Waals surface area contributed by atoms with E-state index in [-0.39, 0.29) is 5.91 Å². The van der Waals surface area contributed by atoms with Crippen molar-refractivity contribution in [1.29, 1.82) is 0 Å². The standard InChI is InChI=1S/C17H21N5O2/c1-2-24-15-6-5-13(11-19-15)16(23)20-12-14-7-8-18-17(21-14)22-9-3-4-10-22/h5-8,11H,2-4,9-10,12H2,1H3,(H,20,23). The van der Waals surface area contributed by atoms with E-state index in [1.54, 1.807) is 18.3 Å². The fourth-order valence-corrected chi connectivity index (χ4v) is 2.57. The lowest BCUT2D eigenvalue weighted by Gasteiger charge is -2.15. The van der Waals surface area contributed by atoms with Gasteiger partial charge < -0.3 is 15.0 Å². The fourth-order valence-electron chi connectivity index (χ4n) is 2.57. The van der Waals surface area contributed by atoms with Gasteiger partial charge in [-0.1, -0.05) is 0 Å². The summed E-state index contributed by atoms with van der Waals surface area (Å²) in [6.45, 7) is 4.78. The molecular formula is C17H21N5O2. The summed E-state index contributed by atoms with van der Waals surface area (Å²) in [5.74, 6) is 1.06. The highest BCUT2D eigenvalue weighted by atomic mass is 16.5. The van der Waals surface area contributed by atoms with Gasteiger partial charge in [0.1, 0.15) is 0 Å².